The van der Waals surface area contributed by atoms with Gasteiger partial charge < -0.3 is 15.2 Å². The molecule has 1 aliphatic rings. The molecule has 130 valence electrons. The monoisotopic (exact) mass is 350 g/mol. The molecule has 2 heterocycles. The number of benzene rings is 2. The zero-order valence-electron chi connectivity index (χ0n) is 13.5. The van der Waals surface area contributed by atoms with Crippen molar-refractivity contribution in [2.24, 2.45) is 0 Å². The molecule has 1 saturated heterocycles. The fourth-order valence-electron chi connectivity index (χ4n) is 3.37. The van der Waals surface area contributed by atoms with E-state index in [-0.39, 0.29) is 17.7 Å². The first kappa shape index (κ1) is 15.9. The minimum Gasteiger partial charge on any atom is -0.507 e. The maximum absolute atomic E-state index is 12.9. The normalized spacial score (nSPS) is 17.2. The number of hydrogen-bond acceptors (Lipinski definition) is 4. The summed E-state index contributed by atoms with van der Waals surface area (Å²) in [5.41, 5.74) is 1.49. The first-order valence-electron chi connectivity index (χ1n) is 7.96. The molecule has 1 aromatic heterocycles. The van der Waals surface area contributed by atoms with Gasteiger partial charge >= 0.3 is 5.97 Å². The number of rotatable bonds is 3. The highest BCUT2D eigenvalue weighted by Crippen LogP contribution is 2.37. The summed E-state index contributed by atoms with van der Waals surface area (Å²) in [7, 11) is 0. The van der Waals surface area contributed by atoms with Crippen molar-refractivity contribution >= 4 is 34.4 Å². The minimum absolute atomic E-state index is 0.0160. The molecule has 0 saturated carbocycles. The van der Waals surface area contributed by atoms with Crippen molar-refractivity contribution in [3.63, 3.8) is 0 Å². The highest BCUT2D eigenvalue weighted by atomic mass is 16.4. The number of amides is 2. The number of nitrogens with zero attached hydrogens (tertiary/aromatic N) is 1. The van der Waals surface area contributed by atoms with E-state index in [0.29, 0.717) is 0 Å². The first-order chi connectivity index (χ1) is 12.5. The molecule has 1 fully saturated rings. The van der Waals surface area contributed by atoms with E-state index >= 15 is 0 Å². The van der Waals surface area contributed by atoms with Gasteiger partial charge in [-0.15, -0.1) is 0 Å². The molecule has 7 nitrogen and oxygen atoms in total. The van der Waals surface area contributed by atoms with E-state index in [1.165, 1.54) is 12.1 Å². The zero-order chi connectivity index (χ0) is 18.4. The van der Waals surface area contributed by atoms with E-state index in [9.17, 15) is 19.5 Å². The average molecular weight is 350 g/mol. The molecule has 1 unspecified atom stereocenters. The predicted octanol–water partition coefficient (Wildman–Crippen LogP) is 2.62. The fraction of sp³-hybridized carbons (Fsp3) is 0.105. The Morgan fingerprint density at radius 3 is 2.65 bits per heavy atom. The molecule has 26 heavy (non-hydrogen) atoms. The van der Waals surface area contributed by atoms with Crippen molar-refractivity contribution in [3.05, 3.63) is 59.8 Å². The smallest absolute Gasteiger partial charge is 0.339 e. The number of aromatic carboxylic acids is 1. The Balaban J connectivity index is 1.72. The summed E-state index contributed by atoms with van der Waals surface area (Å²) < 4.78 is 0. The number of carboxylic acid groups (broad SMARTS) is 1. The molecular formula is C19H14N2O5. The van der Waals surface area contributed by atoms with Crippen LogP contribution in [0.1, 0.15) is 28.3 Å². The van der Waals surface area contributed by atoms with Crippen LogP contribution in [0.5, 0.6) is 5.75 Å². The maximum atomic E-state index is 12.9. The van der Waals surface area contributed by atoms with Gasteiger partial charge in [-0.1, -0.05) is 18.2 Å². The van der Waals surface area contributed by atoms with Crippen LogP contribution in [0.4, 0.5) is 5.69 Å². The number of carbonyl (C=O) groups is 3. The molecule has 1 atom stereocenters. The fourth-order valence-corrected chi connectivity index (χ4v) is 3.37. The number of phenols is 1. The van der Waals surface area contributed by atoms with Crippen LogP contribution in [0.25, 0.3) is 10.9 Å². The summed E-state index contributed by atoms with van der Waals surface area (Å²) in [5, 5.41) is 19.7. The van der Waals surface area contributed by atoms with Crippen molar-refractivity contribution in [1.82, 2.24) is 4.98 Å². The minimum atomic E-state index is -1.29. The second kappa shape index (κ2) is 5.73. The van der Waals surface area contributed by atoms with E-state index < -0.39 is 29.5 Å². The summed E-state index contributed by atoms with van der Waals surface area (Å²) in [4.78, 5) is 40.4. The van der Waals surface area contributed by atoms with Crippen molar-refractivity contribution < 1.29 is 24.6 Å². The number of fused-ring (bicyclic) bond motifs is 1. The van der Waals surface area contributed by atoms with Gasteiger partial charge in [0, 0.05) is 29.6 Å². The summed E-state index contributed by atoms with van der Waals surface area (Å²) in [5.74, 6) is -3.20. The van der Waals surface area contributed by atoms with Gasteiger partial charge in [0.2, 0.25) is 11.8 Å². The van der Waals surface area contributed by atoms with Crippen LogP contribution >= 0.6 is 0 Å². The lowest BCUT2D eigenvalue weighted by molar-refractivity contribution is -0.121. The first-order valence-corrected chi connectivity index (χ1v) is 7.96. The van der Waals surface area contributed by atoms with Gasteiger partial charge in [-0.25, -0.2) is 9.69 Å². The van der Waals surface area contributed by atoms with Crippen molar-refractivity contribution in [2.45, 2.75) is 12.3 Å². The van der Waals surface area contributed by atoms with Gasteiger partial charge in [0.1, 0.15) is 11.3 Å². The number of aromatic hydroxyl groups is 1. The van der Waals surface area contributed by atoms with Crippen molar-refractivity contribution in [3.8, 4) is 5.75 Å². The van der Waals surface area contributed by atoms with Gasteiger partial charge in [-0.05, 0) is 23.8 Å². The van der Waals surface area contributed by atoms with Crippen molar-refractivity contribution in [1.29, 1.82) is 0 Å². The highest BCUT2D eigenvalue weighted by Gasteiger charge is 2.41. The number of H-pyrrole nitrogens is 1. The molecule has 4 rings (SSSR count). The third kappa shape index (κ3) is 2.33. The molecule has 2 amide bonds. The highest BCUT2D eigenvalue weighted by molar-refractivity contribution is 6.23. The number of anilines is 1. The van der Waals surface area contributed by atoms with Gasteiger partial charge in [0.05, 0.1) is 11.6 Å². The molecule has 2 aromatic carbocycles. The van der Waals surface area contributed by atoms with Crippen LogP contribution < -0.4 is 4.90 Å². The standard InChI is InChI=1S/C19H14N2O5/c22-16-7-10(5-6-12(16)19(25)26)21-17(23)8-13(18(21)24)14-9-20-15-4-2-1-3-11(14)15/h1-7,9,13,20,22H,8H2,(H,25,26). The summed E-state index contributed by atoms with van der Waals surface area (Å²) in [6, 6.07) is 11.2. The molecule has 0 bridgehead atoms. The number of nitrogens with one attached hydrogen (secondary N) is 1. The van der Waals surface area contributed by atoms with E-state index in [1.807, 2.05) is 24.3 Å². The molecule has 7 heteroatoms. The Morgan fingerprint density at radius 2 is 1.92 bits per heavy atom. The van der Waals surface area contributed by atoms with Gasteiger partial charge in [0.25, 0.3) is 0 Å². The molecule has 1 aliphatic heterocycles. The van der Waals surface area contributed by atoms with Crippen LogP contribution in [0, 0.1) is 0 Å². The van der Waals surface area contributed by atoms with E-state index in [1.54, 1.807) is 6.20 Å². The van der Waals surface area contributed by atoms with Gasteiger partial charge in [-0.3, -0.25) is 9.59 Å². The molecule has 0 spiro atoms. The summed E-state index contributed by atoms with van der Waals surface area (Å²) in [6.45, 7) is 0. The van der Waals surface area contributed by atoms with E-state index in [4.69, 9.17) is 5.11 Å². The number of aromatic amines is 1. The third-order valence-corrected chi connectivity index (χ3v) is 4.61. The third-order valence-electron chi connectivity index (χ3n) is 4.61. The molecule has 0 radical (unpaired) electrons. The maximum Gasteiger partial charge on any atom is 0.339 e. The number of aromatic nitrogens is 1. The molecule has 3 N–H and O–H groups in total. The Labute approximate surface area is 147 Å². The molecule has 3 aromatic rings. The summed E-state index contributed by atoms with van der Waals surface area (Å²) >= 11 is 0. The summed E-state index contributed by atoms with van der Waals surface area (Å²) in [6.07, 6.45) is 1.75. The van der Waals surface area contributed by atoms with Crippen LogP contribution in [0.2, 0.25) is 0 Å². The Morgan fingerprint density at radius 1 is 1.15 bits per heavy atom. The lowest BCUT2D eigenvalue weighted by atomic mass is 9.97. The zero-order valence-corrected chi connectivity index (χ0v) is 13.5. The predicted molar refractivity (Wildman–Crippen MR) is 93.2 cm³/mol. The van der Waals surface area contributed by atoms with Gasteiger partial charge in [0.15, 0.2) is 0 Å². The molecular weight excluding hydrogens is 336 g/mol. The Bertz CT molecular complexity index is 1070. The average Bonchev–Trinajstić information content (AvgIpc) is 3.15. The second-order valence-corrected chi connectivity index (χ2v) is 6.12. The quantitative estimate of drug-likeness (QED) is 0.629. The number of para-hydroxylation sites is 1. The van der Waals surface area contributed by atoms with Crippen LogP contribution in [0.15, 0.2) is 48.7 Å². The SMILES string of the molecule is O=C(O)c1ccc(N2C(=O)CC(c3c[nH]c4ccccc34)C2=O)cc1O. The number of carboxylic acids is 1. The Kier molecular flexibility index (Phi) is 3.50. The van der Waals surface area contributed by atoms with Crippen LogP contribution in [-0.4, -0.2) is 33.0 Å². The van der Waals surface area contributed by atoms with Crippen LogP contribution in [-0.2, 0) is 9.59 Å². The number of hydrogen-bond donors (Lipinski definition) is 3. The van der Waals surface area contributed by atoms with Gasteiger partial charge in [-0.2, -0.15) is 0 Å². The van der Waals surface area contributed by atoms with Crippen molar-refractivity contribution in [2.75, 3.05) is 4.90 Å². The molecule has 0 aliphatic carbocycles. The topological polar surface area (TPSA) is 111 Å². The van der Waals surface area contributed by atoms with Crippen LogP contribution in [0.3, 0.4) is 0 Å². The van der Waals surface area contributed by atoms with E-state index in [0.717, 1.165) is 27.4 Å². The second-order valence-electron chi connectivity index (χ2n) is 6.12. The Hall–Kier alpha value is -3.61. The largest absolute Gasteiger partial charge is 0.507 e. The number of imide groups is 1. The lowest BCUT2D eigenvalue weighted by Gasteiger charge is -2.16. The lowest BCUT2D eigenvalue weighted by Crippen LogP contribution is -2.30. The number of carbonyl (C=O) groups excluding carboxylic acids is 2. The van der Waals surface area contributed by atoms with E-state index in [2.05, 4.69) is 4.98 Å².